The van der Waals surface area contributed by atoms with Gasteiger partial charge >= 0.3 is 0 Å². The number of nitrogens with zero attached hydrogens (tertiary/aromatic N) is 2. The molecule has 0 saturated carbocycles. The molecule has 0 spiro atoms. The van der Waals surface area contributed by atoms with Crippen LogP contribution in [0.4, 0.5) is 0 Å². The van der Waals surface area contributed by atoms with Crippen molar-refractivity contribution in [1.29, 1.82) is 0 Å². The van der Waals surface area contributed by atoms with Crippen LogP contribution in [0.15, 0.2) is 60.7 Å². The maximum absolute atomic E-state index is 2.56. The Morgan fingerprint density at radius 2 is 0.650 bits per heavy atom. The minimum Gasteiger partial charge on any atom is -0.352 e. The molecule has 0 aliphatic heterocycles. The molecular formula is C36H46N2Si2. The van der Waals surface area contributed by atoms with Crippen molar-refractivity contribution in [3.63, 3.8) is 0 Å². The maximum atomic E-state index is 2.56. The van der Waals surface area contributed by atoms with Crippen LogP contribution < -0.4 is 10.6 Å². The van der Waals surface area contributed by atoms with Gasteiger partial charge in [-0.1, -0.05) is 114 Å². The van der Waals surface area contributed by atoms with Gasteiger partial charge in [0.2, 0.25) is 0 Å². The molecule has 6 rings (SSSR count). The molecule has 0 atom stereocenters. The van der Waals surface area contributed by atoms with Crippen molar-refractivity contribution >= 4 is 80.9 Å². The van der Waals surface area contributed by atoms with E-state index < -0.39 is 16.1 Å². The summed E-state index contributed by atoms with van der Waals surface area (Å²) in [5.74, 6) is 0. The smallest absolute Gasteiger partial charge is 0.107 e. The van der Waals surface area contributed by atoms with Gasteiger partial charge in [-0.25, -0.2) is 0 Å². The average Bonchev–Trinajstić information content (AvgIpc) is 3.52. The van der Waals surface area contributed by atoms with Crippen LogP contribution >= 0.6 is 0 Å². The molecule has 2 nitrogen and oxygen atoms in total. The SMILES string of the molecule is CC[Si](CC)(CC)c1cc2c3ccc4c(ccc5c4ccc4c5cc([Si](CC)(CC)CC)n4C)c3ccc2n1C. The maximum Gasteiger partial charge on any atom is 0.107 e. The van der Waals surface area contributed by atoms with Gasteiger partial charge < -0.3 is 9.13 Å². The quantitative estimate of drug-likeness (QED) is 0.129. The molecule has 4 heteroatoms. The summed E-state index contributed by atoms with van der Waals surface area (Å²) in [6, 6.07) is 32.1. The van der Waals surface area contributed by atoms with Crippen LogP contribution in [0.2, 0.25) is 36.3 Å². The zero-order valence-corrected chi connectivity index (χ0v) is 27.9. The second-order valence-corrected chi connectivity index (χ2v) is 22.7. The molecule has 6 aromatic rings. The van der Waals surface area contributed by atoms with Gasteiger partial charge in [-0.3, -0.25) is 0 Å². The molecular weight excluding hydrogens is 517 g/mol. The topological polar surface area (TPSA) is 9.86 Å². The lowest BCUT2D eigenvalue weighted by atomic mass is 9.94. The first-order chi connectivity index (χ1) is 19.3. The van der Waals surface area contributed by atoms with Crippen molar-refractivity contribution in [2.75, 3.05) is 0 Å². The molecule has 2 aromatic heterocycles. The summed E-state index contributed by atoms with van der Waals surface area (Å²) in [7, 11) is 1.63. The normalized spacial score (nSPS) is 13.1. The van der Waals surface area contributed by atoms with Crippen molar-refractivity contribution in [2.45, 2.75) is 77.8 Å². The van der Waals surface area contributed by atoms with Gasteiger partial charge in [0.1, 0.15) is 16.1 Å². The monoisotopic (exact) mass is 562 g/mol. The molecule has 0 bridgehead atoms. The summed E-state index contributed by atoms with van der Waals surface area (Å²) in [6.07, 6.45) is 0. The molecule has 0 aliphatic carbocycles. The highest BCUT2D eigenvalue weighted by atomic mass is 28.3. The van der Waals surface area contributed by atoms with Crippen LogP contribution in [0.3, 0.4) is 0 Å². The van der Waals surface area contributed by atoms with Crippen LogP contribution in [-0.2, 0) is 14.1 Å². The summed E-state index contributed by atoms with van der Waals surface area (Å²) >= 11 is 0. The van der Waals surface area contributed by atoms with Crippen LogP contribution in [0.5, 0.6) is 0 Å². The Bertz CT molecular complexity index is 1740. The fourth-order valence-corrected chi connectivity index (χ4v) is 16.0. The Kier molecular flexibility index (Phi) is 6.78. The molecule has 0 amide bonds. The predicted octanol–water partition coefficient (Wildman–Crippen LogP) is 9.56. The zero-order chi connectivity index (χ0) is 28.4. The first-order valence-corrected chi connectivity index (χ1v) is 20.9. The third kappa shape index (κ3) is 3.58. The lowest BCUT2D eigenvalue weighted by Gasteiger charge is -2.28. The second kappa shape index (κ2) is 9.92. The van der Waals surface area contributed by atoms with E-state index in [4.69, 9.17) is 0 Å². The van der Waals surface area contributed by atoms with E-state index in [1.165, 1.54) is 90.4 Å². The Balaban J connectivity index is 1.61. The first-order valence-electron chi connectivity index (χ1n) is 15.7. The average molecular weight is 563 g/mol. The van der Waals surface area contributed by atoms with Crippen molar-refractivity contribution in [3.8, 4) is 0 Å². The molecule has 0 unspecified atom stereocenters. The van der Waals surface area contributed by atoms with Gasteiger partial charge in [-0.2, -0.15) is 0 Å². The van der Waals surface area contributed by atoms with E-state index in [9.17, 15) is 0 Å². The number of hydrogen-bond donors (Lipinski definition) is 0. The van der Waals surface area contributed by atoms with E-state index in [2.05, 4.69) is 125 Å². The van der Waals surface area contributed by atoms with Gasteiger partial charge in [0.15, 0.2) is 0 Å². The number of benzene rings is 4. The van der Waals surface area contributed by atoms with Gasteiger partial charge in [0, 0.05) is 46.5 Å². The van der Waals surface area contributed by atoms with Crippen LogP contribution in [0, 0.1) is 0 Å². The highest BCUT2D eigenvalue weighted by Gasteiger charge is 2.34. The van der Waals surface area contributed by atoms with Crippen LogP contribution in [-0.4, -0.2) is 25.3 Å². The highest BCUT2D eigenvalue weighted by Crippen LogP contribution is 2.38. The highest BCUT2D eigenvalue weighted by molar-refractivity contribution is 6.92. The molecule has 0 N–H and O–H groups in total. The Morgan fingerprint density at radius 1 is 0.400 bits per heavy atom. The number of fused-ring (bicyclic) bond motifs is 9. The fourth-order valence-electron chi connectivity index (χ4n) is 8.28. The predicted molar refractivity (Wildman–Crippen MR) is 186 cm³/mol. The number of aromatic nitrogens is 2. The van der Waals surface area contributed by atoms with Gasteiger partial charge in [0.05, 0.1) is 0 Å². The van der Waals surface area contributed by atoms with E-state index in [0.29, 0.717) is 0 Å². The van der Waals surface area contributed by atoms with E-state index in [1.807, 2.05) is 0 Å². The first kappa shape index (κ1) is 27.3. The lowest BCUT2D eigenvalue weighted by molar-refractivity contribution is 0.983. The third-order valence-electron chi connectivity index (χ3n) is 11.4. The van der Waals surface area contributed by atoms with Gasteiger partial charge in [0.25, 0.3) is 0 Å². The largest absolute Gasteiger partial charge is 0.352 e. The van der Waals surface area contributed by atoms with Crippen molar-refractivity contribution in [1.82, 2.24) is 9.13 Å². The summed E-state index contributed by atoms with van der Waals surface area (Å²) in [5, 5.41) is 14.4. The fraction of sp³-hybridized carbons (Fsp3) is 0.389. The minimum atomic E-state index is -1.49. The number of hydrogen-bond acceptors (Lipinski definition) is 0. The van der Waals surface area contributed by atoms with E-state index >= 15 is 0 Å². The Morgan fingerprint density at radius 3 is 0.925 bits per heavy atom. The summed E-state index contributed by atoms with van der Waals surface area (Å²) < 4.78 is 5.05. The molecule has 4 aromatic carbocycles. The minimum absolute atomic E-state index is 1.31. The van der Waals surface area contributed by atoms with Crippen LogP contribution in [0.1, 0.15) is 41.5 Å². The Labute approximate surface area is 242 Å². The van der Waals surface area contributed by atoms with Crippen molar-refractivity contribution in [2.24, 2.45) is 14.1 Å². The van der Waals surface area contributed by atoms with Crippen molar-refractivity contribution < 1.29 is 0 Å². The molecule has 0 fully saturated rings. The van der Waals surface area contributed by atoms with E-state index in [-0.39, 0.29) is 0 Å². The molecule has 0 saturated heterocycles. The molecule has 40 heavy (non-hydrogen) atoms. The molecule has 2 heterocycles. The van der Waals surface area contributed by atoms with Crippen LogP contribution in [0.25, 0.3) is 54.1 Å². The van der Waals surface area contributed by atoms with Gasteiger partial charge in [-0.15, -0.1) is 0 Å². The number of rotatable bonds is 8. The van der Waals surface area contributed by atoms with E-state index in [1.54, 1.807) is 10.6 Å². The van der Waals surface area contributed by atoms with Gasteiger partial charge in [-0.05, 0) is 56.6 Å². The summed E-state index contributed by atoms with van der Waals surface area (Å²) in [6.45, 7) is 14.5. The third-order valence-corrected chi connectivity index (χ3v) is 22.6. The van der Waals surface area contributed by atoms with Crippen molar-refractivity contribution in [3.05, 3.63) is 60.7 Å². The summed E-state index contributed by atoms with van der Waals surface area (Å²) in [5.41, 5.74) is 2.76. The standard InChI is InChI=1S/C36H46N2Si2/c1-9-39(10-2,11-3)35-23-31-29-17-15-26-25(27(29)19-21-33(31)37(35)7)16-18-30-28(26)20-22-34-32(30)24-36(38(34)8)40(12-4,13-5)14-6/h15-24H,9-14H2,1-8H3. The number of aryl methyl sites for hydroxylation is 2. The zero-order valence-electron chi connectivity index (χ0n) is 25.9. The second-order valence-electron chi connectivity index (χ2n) is 12.3. The molecule has 208 valence electrons. The summed E-state index contributed by atoms with van der Waals surface area (Å²) in [4.78, 5) is 0. The molecule has 0 aliphatic rings. The Hall–Kier alpha value is -2.83. The molecule has 0 radical (unpaired) electrons. The lowest BCUT2D eigenvalue weighted by Crippen LogP contribution is -2.48. The van der Waals surface area contributed by atoms with E-state index in [0.717, 1.165) is 0 Å².